The Bertz CT molecular complexity index is 1050. The predicted octanol–water partition coefficient (Wildman–Crippen LogP) is 5.81. The van der Waals surface area contributed by atoms with Crippen LogP contribution in [0.3, 0.4) is 0 Å². The summed E-state index contributed by atoms with van der Waals surface area (Å²) in [5, 5.41) is 3.75. The van der Waals surface area contributed by atoms with Crippen molar-refractivity contribution in [2.75, 3.05) is 45.2 Å². The molecule has 3 rings (SSSR count). The third-order valence-electron chi connectivity index (χ3n) is 6.80. The van der Waals surface area contributed by atoms with Crippen molar-refractivity contribution in [1.82, 2.24) is 10.2 Å². The molecule has 0 spiro atoms. The third kappa shape index (κ3) is 6.45. The summed E-state index contributed by atoms with van der Waals surface area (Å²) < 4.78 is 45.8. The summed E-state index contributed by atoms with van der Waals surface area (Å²) in [4.78, 5) is 17.1. The fourth-order valence-corrected chi connectivity index (χ4v) is 5.06. The first-order valence-corrected chi connectivity index (χ1v) is 12.6. The van der Waals surface area contributed by atoms with E-state index in [1.54, 1.807) is 32.4 Å². The minimum atomic E-state index is -4.41. The topological polar surface area (TPSA) is 44.8 Å². The van der Waals surface area contributed by atoms with E-state index >= 15 is 0 Å². The van der Waals surface area contributed by atoms with Gasteiger partial charge in [-0.25, -0.2) is 0 Å². The molecule has 2 aromatic carbocycles. The van der Waals surface area contributed by atoms with Crippen molar-refractivity contribution in [3.05, 3.63) is 58.1 Å². The van der Waals surface area contributed by atoms with Crippen LogP contribution in [0.1, 0.15) is 43.5 Å². The molecule has 0 saturated carbocycles. The van der Waals surface area contributed by atoms with Gasteiger partial charge in [-0.1, -0.05) is 38.4 Å². The lowest BCUT2D eigenvalue weighted by Gasteiger charge is -2.39. The van der Waals surface area contributed by atoms with Gasteiger partial charge in [-0.3, -0.25) is 4.79 Å². The second-order valence-corrected chi connectivity index (χ2v) is 10.1. The molecule has 0 aliphatic carbocycles. The van der Waals surface area contributed by atoms with Gasteiger partial charge in [0.1, 0.15) is 5.75 Å². The van der Waals surface area contributed by atoms with E-state index in [9.17, 15) is 18.0 Å². The van der Waals surface area contributed by atoms with Gasteiger partial charge in [-0.2, -0.15) is 13.2 Å². The van der Waals surface area contributed by atoms with Crippen molar-refractivity contribution in [3.8, 4) is 5.75 Å². The molecule has 9 heteroatoms. The maximum absolute atomic E-state index is 13.5. The molecule has 1 heterocycles. The maximum atomic E-state index is 13.5. The molecular formula is C27H35ClF3N3O2. The molecule has 5 nitrogen and oxygen atoms in total. The van der Waals surface area contributed by atoms with Crippen molar-refractivity contribution in [1.29, 1.82) is 0 Å². The molecule has 1 N–H and O–H groups in total. The average molecular weight is 526 g/mol. The number of nitrogens with zero attached hydrogens (tertiary/aromatic N) is 2. The van der Waals surface area contributed by atoms with E-state index in [4.69, 9.17) is 16.3 Å². The number of hydrogen-bond donors (Lipinski definition) is 1. The molecule has 0 radical (unpaired) electrons. The van der Waals surface area contributed by atoms with E-state index < -0.39 is 11.7 Å². The van der Waals surface area contributed by atoms with E-state index in [0.29, 0.717) is 48.9 Å². The van der Waals surface area contributed by atoms with Crippen LogP contribution in [0.5, 0.6) is 5.75 Å². The number of piperazine rings is 1. The van der Waals surface area contributed by atoms with Gasteiger partial charge < -0.3 is 19.9 Å². The molecule has 0 aromatic heterocycles. The number of anilines is 1. The van der Waals surface area contributed by atoms with Crippen LogP contribution in [-0.4, -0.2) is 51.1 Å². The molecule has 1 fully saturated rings. The Balaban J connectivity index is 1.73. The Kier molecular flexibility index (Phi) is 9.17. The summed E-state index contributed by atoms with van der Waals surface area (Å²) in [7, 11) is 3.34. The van der Waals surface area contributed by atoms with Crippen molar-refractivity contribution in [3.63, 3.8) is 0 Å². The van der Waals surface area contributed by atoms with Crippen LogP contribution in [0.25, 0.3) is 0 Å². The zero-order valence-corrected chi connectivity index (χ0v) is 22.2. The number of ether oxygens (including phenoxy) is 1. The number of benzene rings is 2. The number of amides is 1. The number of halogens is 4. The minimum absolute atomic E-state index is 0.0505. The second-order valence-electron chi connectivity index (χ2n) is 9.66. The number of carbonyl (C=O) groups is 1. The van der Waals surface area contributed by atoms with Crippen LogP contribution in [0, 0.1) is 11.8 Å². The average Bonchev–Trinajstić information content (AvgIpc) is 2.84. The fraction of sp³-hybridized carbons (Fsp3) is 0.519. The third-order valence-corrected chi connectivity index (χ3v) is 7.03. The summed E-state index contributed by atoms with van der Waals surface area (Å²) in [6, 6.07) is 9.15. The maximum Gasteiger partial charge on any atom is 0.416 e. The highest BCUT2D eigenvalue weighted by molar-refractivity contribution is 6.30. The van der Waals surface area contributed by atoms with Crippen LogP contribution >= 0.6 is 11.6 Å². The van der Waals surface area contributed by atoms with Crippen molar-refractivity contribution < 1.29 is 22.7 Å². The lowest BCUT2D eigenvalue weighted by molar-refractivity contribution is -0.137. The Morgan fingerprint density at radius 3 is 2.31 bits per heavy atom. The van der Waals surface area contributed by atoms with Crippen molar-refractivity contribution in [2.45, 2.75) is 39.4 Å². The highest BCUT2D eigenvalue weighted by atomic mass is 35.5. The Labute approximate surface area is 216 Å². The molecule has 198 valence electrons. The molecule has 1 amide bonds. The van der Waals surface area contributed by atoms with Gasteiger partial charge in [0.2, 0.25) is 5.91 Å². The van der Waals surface area contributed by atoms with Gasteiger partial charge in [0.15, 0.2) is 0 Å². The van der Waals surface area contributed by atoms with Gasteiger partial charge in [0, 0.05) is 48.8 Å². The molecular weight excluding hydrogens is 491 g/mol. The Morgan fingerprint density at radius 2 is 1.75 bits per heavy atom. The summed E-state index contributed by atoms with van der Waals surface area (Å²) in [6.07, 6.45) is -3.88. The lowest BCUT2D eigenvalue weighted by Crippen LogP contribution is -2.50. The molecule has 2 aromatic rings. The first-order chi connectivity index (χ1) is 17.0. The van der Waals surface area contributed by atoms with E-state index in [-0.39, 0.29) is 23.8 Å². The first kappa shape index (κ1) is 28.1. The predicted molar refractivity (Wildman–Crippen MR) is 138 cm³/mol. The molecule has 0 unspecified atom stereocenters. The largest absolute Gasteiger partial charge is 0.496 e. The van der Waals surface area contributed by atoms with Crippen molar-refractivity contribution >= 4 is 23.2 Å². The molecule has 36 heavy (non-hydrogen) atoms. The van der Waals surface area contributed by atoms with Gasteiger partial charge >= 0.3 is 6.18 Å². The van der Waals surface area contributed by atoms with E-state index in [2.05, 4.69) is 10.2 Å². The zero-order chi connectivity index (χ0) is 26.6. The van der Waals surface area contributed by atoms with Crippen LogP contribution in [0.4, 0.5) is 18.9 Å². The van der Waals surface area contributed by atoms with Crippen LogP contribution in [0.15, 0.2) is 36.4 Å². The molecule has 0 bridgehead atoms. The molecule has 1 saturated heterocycles. The quantitative estimate of drug-likeness (QED) is 0.472. The zero-order valence-electron chi connectivity index (χ0n) is 21.5. The minimum Gasteiger partial charge on any atom is -0.496 e. The molecule has 2 atom stereocenters. The van der Waals surface area contributed by atoms with Crippen LogP contribution < -0.4 is 15.0 Å². The standard InChI is InChI=1S/C27H35ClF3N3O2/c1-17(2)25(32-4)22-15-20(27(29,30)31)7-9-23(22)33-10-12-34(13-11-33)26(35)18(3)14-19-6-8-21(28)16-24(19)36-5/h6-9,15-18,25,32H,10-14H2,1-5H3/t18-,25+/m1/s1. The van der Waals surface area contributed by atoms with Crippen molar-refractivity contribution in [2.24, 2.45) is 11.8 Å². The van der Waals surface area contributed by atoms with Crippen LogP contribution in [-0.2, 0) is 17.4 Å². The highest BCUT2D eigenvalue weighted by Gasteiger charge is 2.34. The number of methoxy groups -OCH3 is 1. The Hall–Kier alpha value is -2.45. The number of hydrogen-bond acceptors (Lipinski definition) is 4. The lowest BCUT2D eigenvalue weighted by atomic mass is 9.92. The van der Waals surface area contributed by atoms with E-state index in [0.717, 1.165) is 17.3 Å². The van der Waals surface area contributed by atoms with E-state index in [1.165, 1.54) is 6.07 Å². The van der Waals surface area contributed by atoms with Gasteiger partial charge in [-0.15, -0.1) is 0 Å². The fourth-order valence-electron chi connectivity index (χ4n) is 4.90. The monoisotopic (exact) mass is 525 g/mol. The summed E-state index contributed by atoms with van der Waals surface area (Å²) in [5.41, 5.74) is 1.68. The van der Waals surface area contributed by atoms with Crippen LogP contribution in [0.2, 0.25) is 5.02 Å². The summed E-state index contributed by atoms with van der Waals surface area (Å²) in [6.45, 7) is 7.99. The highest BCUT2D eigenvalue weighted by Crippen LogP contribution is 2.37. The SMILES string of the molecule is CN[C@H](c1cc(C(F)(F)F)ccc1N1CCN(C(=O)[C@H](C)Cc2ccc(Cl)cc2OC)CC1)C(C)C. The normalized spacial score (nSPS) is 16.3. The second kappa shape index (κ2) is 11.7. The van der Waals surface area contributed by atoms with Gasteiger partial charge in [0.25, 0.3) is 0 Å². The number of alkyl halides is 3. The summed E-state index contributed by atoms with van der Waals surface area (Å²) >= 11 is 6.05. The Morgan fingerprint density at radius 1 is 1.08 bits per heavy atom. The summed E-state index contributed by atoms with van der Waals surface area (Å²) in [5.74, 6) is 0.564. The molecule has 1 aliphatic rings. The number of rotatable bonds is 8. The number of nitrogens with one attached hydrogen (secondary N) is 1. The number of carbonyl (C=O) groups excluding carboxylic acids is 1. The smallest absolute Gasteiger partial charge is 0.416 e. The van der Waals surface area contributed by atoms with E-state index in [1.807, 2.05) is 31.7 Å². The van der Waals surface area contributed by atoms with Gasteiger partial charge in [-0.05, 0) is 60.8 Å². The van der Waals surface area contributed by atoms with Gasteiger partial charge in [0.05, 0.1) is 12.7 Å². The first-order valence-electron chi connectivity index (χ1n) is 12.2. The molecule has 1 aliphatic heterocycles.